The molecule has 6 rings (SSSR count). The molecule has 3 aromatic carbocycles. The SMILES string of the molecule is COC(C)n1c(=O)c2c(nc(C(C)C)n2Cc2ccc(-c3ccccc3-c3nnn[nH]3)cc2)n(CCc2ccccc2)c1=O. The fourth-order valence-electron chi connectivity index (χ4n) is 5.58. The smallest absolute Gasteiger partial charge is 0.334 e. The third-order valence-electron chi connectivity index (χ3n) is 7.91. The molecule has 11 heteroatoms. The number of hydrogen-bond donors (Lipinski definition) is 1. The van der Waals surface area contributed by atoms with Crippen LogP contribution in [0.15, 0.2) is 88.5 Å². The Balaban J connectivity index is 1.44. The summed E-state index contributed by atoms with van der Waals surface area (Å²) >= 11 is 0. The summed E-state index contributed by atoms with van der Waals surface area (Å²) in [6, 6.07) is 26.1. The normalized spacial score (nSPS) is 12.3. The van der Waals surface area contributed by atoms with E-state index in [1.54, 1.807) is 11.5 Å². The van der Waals surface area contributed by atoms with Gasteiger partial charge in [0.05, 0.1) is 0 Å². The number of aryl methyl sites for hydroxylation is 2. The zero-order valence-corrected chi connectivity index (χ0v) is 25.1. The number of rotatable bonds is 10. The molecule has 0 bridgehead atoms. The van der Waals surface area contributed by atoms with Crippen molar-refractivity contribution in [2.24, 2.45) is 0 Å². The van der Waals surface area contributed by atoms with E-state index in [1.165, 1.54) is 11.7 Å². The van der Waals surface area contributed by atoms with Gasteiger partial charge in [0, 0.05) is 31.7 Å². The van der Waals surface area contributed by atoms with Crippen LogP contribution in [0.4, 0.5) is 0 Å². The molecule has 0 saturated heterocycles. The maximum absolute atomic E-state index is 14.0. The maximum Gasteiger partial charge on any atom is 0.334 e. The highest BCUT2D eigenvalue weighted by atomic mass is 16.5. The molecule has 1 N–H and O–H groups in total. The monoisotopic (exact) mass is 590 g/mol. The summed E-state index contributed by atoms with van der Waals surface area (Å²) < 4.78 is 10.2. The number of methoxy groups -OCH3 is 1. The largest absolute Gasteiger partial charge is 0.361 e. The van der Waals surface area contributed by atoms with Gasteiger partial charge in [0.15, 0.2) is 17.0 Å². The van der Waals surface area contributed by atoms with Gasteiger partial charge < -0.3 is 9.30 Å². The van der Waals surface area contributed by atoms with Crippen LogP contribution < -0.4 is 11.2 Å². The number of benzene rings is 3. The van der Waals surface area contributed by atoms with Gasteiger partial charge in [-0.2, -0.15) is 0 Å². The summed E-state index contributed by atoms with van der Waals surface area (Å²) in [6.45, 7) is 6.56. The van der Waals surface area contributed by atoms with E-state index in [-0.39, 0.29) is 5.92 Å². The third kappa shape index (κ3) is 5.37. The van der Waals surface area contributed by atoms with E-state index in [0.717, 1.165) is 33.6 Å². The molecule has 0 aliphatic rings. The fraction of sp³-hybridized carbons (Fsp3) is 0.273. The Kier molecular flexibility index (Phi) is 8.03. The minimum absolute atomic E-state index is 0.00874. The third-order valence-corrected chi connectivity index (χ3v) is 7.91. The van der Waals surface area contributed by atoms with Crippen molar-refractivity contribution in [2.45, 2.75) is 52.4 Å². The van der Waals surface area contributed by atoms with Crippen LogP contribution in [0.1, 0.15) is 49.9 Å². The van der Waals surface area contributed by atoms with Gasteiger partial charge >= 0.3 is 5.69 Å². The fourth-order valence-corrected chi connectivity index (χ4v) is 5.58. The number of tetrazole rings is 1. The Morgan fingerprint density at radius 1 is 0.841 bits per heavy atom. The van der Waals surface area contributed by atoms with Crippen LogP contribution >= 0.6 is 0 Å². The lowest BCUT2D eigenvalue weighted by molar-refractivity contribution is 0.0530. The van der Waals surface area contributed by atoms with Gasteiger partial charge in [-0.25, -0.2) is 19.4 Å². The zero-order chi connectivity index (χ0) is 30.8. The second-order valence-electron chi connectivity index (χ2n) is 11.1. The molecular weight excluding hydrogens is 556 g/mol. The highest BCUT2D eigenvalue weighted by molar-refractivity contribution is 5.80. The predicted molar refractivity (Wildman–Crippen MR) is 168 cm³/mol. The molecule has 44 heavy (non-hydrogen) atoms. The summed E-state index contributed by atoms with van der Waals surface area (Å²) in [5, 5.41) is 14.4. The molecule has 1 atom stereocenters. The van der Waals surface area contributed by atoms with E-state index >= 15 is 0 Å². The average molecular weight is 591 g/mol. The first-order valence-electron chi connectivity index (χ1n) is 14.6. The molecule has 0 fully saturated rings. The highest BCUT2D eigenvalue weighted by Crippen LogP contribution is 2.30. The average Bonchev–Trinajstić information content (AvgIpc) is 3.71. The summed E-state index contributed by atoms with van der Waals surface area (Å²) in [5.41, 5.74) is 4.91. The molecule has 0 saturated carbocycles. The van der Waals surface area contributed by atoms with Crippen molar-refractivity contribution < 1.29 is 4.74 Å². The van der Waals surface area contributed by atoms with E-state index in [9.17, 15) is 9.59 Å². The van der Waals surface area contributed by atoms with Gasteiger partial charge in [0.25, 0.3) is 5.56 Å². The van der Waals surface area contributed by atoms with Gasteiger partial charge in [-0.1, -0.05) is 92.7 Å². The lowest BCUT2D eigenvalue weighted by atomic mass is 9.98. The first kappa shape index (κ1) is 28.9. The van der Waals surface area contributed by atoms with E-state index in [1.807, 2.05) is 97.3 Å². The standard InChI is InChI=1S/C33H34N8O3/c1-21(2)30-34-31-28(32(42)41(22(3)44-4)33(43)39(31)19-18-23-10-6-5-7-11-23)40(30)20-24-14-16-25(17-15-24)26-12-8-9-13-27(26)29-35-37-38-36-29/h5-17,21-22H,18-20H2,1-4H3,(H,35,36,37,38). The molecule has 3 heterocycles. The van der Waals surface area contributed by atoms with Crippen LogP contribution in [0.5, 0.6) is 0 Å². The van der Waals surface area contributed by atoms with Crippen molar-refractivity contribution in [2.75, 3.05) is 7.11 Å². The number of aromatic amines is 1. The Morgan fingerprint density at radius 2 is 1.55 bits per heavy atom. The number of nitrogens with one attached hydrogen (secondary N) is 1. The predicted octanol–water partition coefficient (Wildman–Crippen LogP) is 4.79. The molecule has 3 aromatic heterocycles. The molecule has 0 spiro atoms. The van der Waals surface area contributed by atoms with Crippen molar-refractivity contribution in [3.63, 3.8) is 0 Å². The van der Waals surface area contributed by atoms with Crippen LogP contribution in [0, 0.1) is 0 Å². The highest BCUT2D eigenvalue weighted by Gasteiger charge is 2.25. The van der Waals surface area contributed by atoms with Gasteiger partial charge in [0.2, 0.25) is 0 Å². The summed E-state index contributed by atoms with van der Waals surface area (Å²) in [6.07, 6.45) is -0.126. The van der Waals surface area contributed by atoms with Crippen LogP contribution in [-0.4, -0.2) is 46.4 Å². The van der Waals surface area contributed by atoms with Crippen molar-refractivity contribution >= 4 is 11.2 Å². The molecule has 224 valence electrons. The van der Waals surface area contributed by atoms with Crippen LogP contribution in [0.3, 0.4) is 0 Å². The van der Waals surface area contributed by atoms with E-state index < -0.39 is 17.5 Å². The summed E-state index contributed by atoms with van der Waals surface area (Å²) in [5.74, 6) is 1.34. The summed E-state index contributed by atoms with van der Waals surface area (Å²) in [7, 11) is 1.49. The van der Waals surface area contributed by atoms with E-state index in [0.29, 0.717) is 36.5 Å². The number of ether oxygens (including phenoxy) is 1. The van der Waals surface area contributed by atoms with Gasteiger partial charge in [0.1, 0.15) is 12.1 Å². The number of hydrogen-bond acceptors (Lipinski definition) is 7. The molecule has 6 aromatic rings. The minimum atomic E-state index is -0.743. The Morgan fingerprint density at radius 3 is 2.20 bits per heavy atom. The molecular formula is C33H34N8O3. The molecule has 11 nitrogen and oxygen atoms in total. The molecule has 0 radical (unpaired) electrons. The van der Waals surface area contributed by atoms with Crippen LogP contribution in [0.25, 0.3) is 33.7 Å². The van der Waals surface area contributed by atoms with Crippen molar-refractivity contribution in [3.05, 3.63) is 117 Å². The second kappa shape index (κ2) is 12.2. The lowest BCUT2D eigenvalue weighted by Gasteiger charge is -2.17. The van der Waals surface area contributed by atoms with E-state index in [2.05, 4.69) is 20.6 Å². The van der Waals surface area contributed by atoms with Gasteiger partial charge in [-0.05, 0) is 46.0 Å². The number of nitrogens with zero attached hydrogens (tertiary/aromatic N) is 7. The topological polar surface area (TPSA) is 126 Å². The number of fused-ring (bicyclic) bond motifs is 1. The first-order chi connectivity index (χ1) is 21.4. The zero-order valence-electron chi connectivity index (χ0n) is 25.1. The maximum atomic E-state index is 14.0. The lowest BCUT2D eigenvalue weighted by Crippen LogP contribution is -2.43. The quantitative estimate of drug-likeness (QED) is 0.243. The Labute approximate surface area is 253 Å². The summed E-state index contributed by atoms with van der Waals surface area (Å²) in [4.78, 5) is 32.7. The number of H-pyrrole nitrogens is 1. The Hall–Kier alpha value is -5.16. The molecule has 0 amide bonds. The first-order valence-corrected chi connectivity index (χ1v) is 14.6. The van der Waals surface area contributed by atoms with Crippen molar-refractivity contribution in [1.29, 1.82) is 0 Å². The van der Waals surface area contributed by atoms with E-state index in [4.69, 9.17) is 9.72 Å². The van der Waals surface area contributed by atoms with Gasteiger partial charge in [-0.3, -0.25) is 9.36 Å². The molecule has 0 aliphatic heterocycles. The molecule has 1 unspecified atom stereocenters. The van der Waals surface area contributed by atoms with Crippen LogP contribution in [-0.2, 0) is 24.2 Å². The Bertz CT molecular complexity index is 2010. The second-order valence-corrected chi connectivity index (χ2v) is 11.1. The van der Waals surface area contributed by atoms with Gasteiger partial charge in [-0.15, -0.1) is 5.10 Å². The minimum Gasteiger partial charge on any atom is -0.361 e. The van der Waals surface area contributed by atoms with Crippen molar-refractivity contribution in [1.82, 2.24) is 39.3 Å². The van der Waals surface area contributed by atoms with Crippen LogP contribution in [0.2, 0.25) is 0 Å². The number of aromatic nitrogens is 8. The van der Waals surface area contributed by atoms with Crippen molar-refractivity contribution in [3.8, 4) is 22.5 Å². The molecule has 0 aliphatic carbocycles. The number of imidazole rings is 1.